The van der Waals surface area contributed by atoms with Gasteiger partial charge in [0.25, 0.3) is 5.91 Å². The molecule has 2 amide bonds. The van der Waals surface area contributed by atoms with Crippen molar-refractivity contribution < 1.29 is 28.2 Å². The zero-order chi connectivity index (χ0) is 24.3. The largest absolute Gasteiger partial charge is 0.513 e. The average Bonchev–Trinajstić information content (AvgIpc) is 2.83. The van der Waals surface area contributed by atoms with Crippen LogP contribution in [-0.2, 0) is 16.1 Å². The summed E-state index contributed by atoms with van der Waals surface area (Å²) in [6, 6.07) is 19.0. The molecule has 2 N–H and O–H groups in total. The summed E-state index contributed by atoms with van der Waals surface area (Å²) in [5.74, 6) is -0.731. The molecule has 3 rings (SSSR count). The number of nitrogens with one attached hydrogen (secondary N) is 2. The molecule has 0 unspecified atom stereocenters. The molecule has 0 aliphatic carbocycles. The van der Waals surface area contributed by atoms with Crippen LogP contribution in [0.4, 0.5) is 14.9 Å². The summed E-state index contributed by atoms with van der Waals surface area (Å²) >= 11 is 0. The van der Waals surface area contributed by atoms with Crippen molar-refractivity contribution >= 4 is 29.7 Å². The van der Waals surface area contributed by atoms with Gasteiger partial charge in [-0.3, -0.25) is 9.59 Å². The molecule has 0 aromatic heterocycles. The van der Waals surface area contributed by atoms with E-state index in [-0.39, 0.29) is 30.0 Å². The Morgan fingerprint density at radius 3 is 2.38 bits per heavy atom. The first-order valence-electron chi connectivity index (χ1n) is 10.5. The number of rotatable bonds is 8. The summed E-state index contributed by atoms with van der Waals surface area (Å²) in [5.41, 5.74) is 2.40. The lowest BCUT2D eigenvalue weighted by Crippen LogP contribution is -2.20. The van der Waals surface area contributed by atoms with E-state index >= 15 is 0 Å². The summed E-state index contributed by atoms with van der Waals surface area (Å²) in [6.45, 7) is 2.17. The van der Waals surface area contributed by atoms with Gasteiger partial charge in [0.1, 0.15) is 11.6 Å². The van der Waals surface area contributed by atoms with E-state index in [0.29, 0.717) is 23.4 Å². The zero-order valence-electron chi connectivity index (χ0n) is 18.4. The fourth-order valence-electron chi connectivity index (χ4n) is 2.86. The Morgan fingerprint density at radius 1 is 0.971 bits per heavy atom. The molecule has 0 spiro atoms. The Labute approximate surface area is 196 Å². The molecule has 0 aliphatic rings. The summed E-state index contributed by atoms with van der Waals surface area (Å²) in [5, 5.41) is 5.52. The van der Waals surface area contributed by atoms with Crippen molar-refractivity contribution in [2.45, 2.75) is 13.5 Å². The van der Waals surface area contributed by atoms with Crippen molar-refractivity contribution in [2.75, 3.05) is 11.9 Å². The third kappa shape index (κ3) is 7.59. The molecular weight excluding hydrogens is 439 g/mol. The lowest BCUT2D eigenvalue weighted by Gasteiger charge is -2.08. The highest BCUT2D eigenvalue weighted by atomic mass is 19.1. The van der Waals surface area contributed by atoms with Gasteiger partial charge >= 0.3 is 6.16 Å². The van der Waals surface area contributed by atoms with E-state index in [2.05, 4.69) is 10.6 Å². The van der Waals surface area contributed by atoms with Crippen molar-refractivity contribution in [3.8, 4) is 5.75 Å². The van der Waals surface area contributed by atoms with Crippen molar-refractivity contribution in [3.63, 3.8) is 0 Å². The van der Waals surface area contributed by atoms with Gasteiger partial charge in [0.15, 0.2) is 0 Å². The maximum atomic E-state index is 13.2. The van der Waals surface area contributed by atoms with Gasteiger partial charge in [-0.05, 0) is 72.7 Å². The number of hydrogen-bond acceptors (Lipinski definition) is 5. The maximum absolute atomic E-state index is 13.2. The van der Waals surface area contributed by atoms with Gasteiger partial charge in [0.2, 0.25) is 5.91 Å². The Hall–Kier alpha value is -4.46. The van der Waals surface area contributed by atoms with Gasteiger partial charge in [-0.1, -0.05) is 24.3 Å². The predicted octanol–water partition coefficient (Wildman–Crippen LogP) is 4.94. The number of hydrogen-bond donors (Lipinski definition) is 2. The number of carbonyl (C=O) groups is 3. The highest BCUT2D eigenvalue weighted by Gasteiger charge is 2.09. The number of anilines is 1. The van der Waals surface area contributed by atoms with Crippen LogP contribution < -0.4 is 15.4 Å². The number of benzene rings is 3. The molecule has 3 aromatic rings. The SMILES string of the molecule is CCOC(=O)Oc1ccc(C(=O)Nc2ccc(CNC(=O)/C=C/c3cccc(F)c3)cc2)cc1. The summed E-state index contributed by atoms with van der Waals surface area (Å²) in [4.78, 5) is 35.7. The van der Waals surface area contributed by atoms with Crippen LogP contribution in [0.25, 0.3) is 6.08 Å². The number of ether oxygens (including phenoxy) is 2. The number of amides is 2. The first-order valence-corrected chi connectivity index (χ1v) is 10.5. The van der Waals surface area contributed by atoms with Gasteiger partial charge in [-0.15, -0.1) is 0 Å². The molecular formula is C26H23FN2O5. The van der Waals surface area contributed by atoms with E-state index in [1.54, 1.807) is 43.3 Å². The van der Waals surface area contributed by atoms with E-state index in [4.69, 9.17) is 9.47 Å². The van der Waals surface area contributed by atoms with E-state index in [1.807, 2.05) is 0 Å². The molecule has 0 radical (unpaired) electrons. The lowest BCUT2D eigenvalue weighted by molar-refractivity contribution is -0.116. The van der Waals surface area contributed by atoms with Crippen LogP contribution in [0, 0.1) is 5.82 Å². The second kappa shape index (κ2) is 12.0. The average molecular weight is 462 g/mol. The fraction of sp³-hybridized carbons (Fsp3) is 0.115. The first-order chi connectivity index (χ1) is 16.4. The van der Waals surface area contributed by atoms with E-state index in [0.717, 1.165) is 5.56 Å². The highest BCUT2D eigenvalue weighted by molar-refractivity contribution is 6.04. The Balaban J connectivity index is 1.48. The molecule has 0 saturated carbocycles. The molecule has 3 aromatic carbocycles. The molecule has 0 aliphatic heterocycles. The molecule has 0 heterocycles. The molecule has 0 saturated heterocycles. The van der Waals surface area contributed by atoms with Gasteiger partial charge < -0.3 is 20.1 Å². The molecule has 7 nitrogen and oxygen atoms in total. The highest BCUT2D eigenvalue weighted by Crippen LogP contribution is 2.16. The third-order valence-corrected chi connectivity index (χ3v) is 4.53. The third-order valence-electron chi connectivity index (χ3n) is 4.53. The van der Waals surface area contributed by atoms with Crippen LogP contribution >= 0.6 is 0 Å². The monoisotopic (exact) mass is 462 g/mol. The van der Waals surface area contributed by atoms with Crippen LogP contribution in [0.3, 0.4) is 0 Å². The van der Waals surface area contributed by atoms with E-state index < -0.39 is 6.16 Å². The van der Waals surface area contributed by atoms with Crippen molar-refractivity contribution in [1.82, 2.24) is 5.32 Å². The van der Waals surface area contributed by atoms with Gasteiger partial charge in [0.05, 0.1) is 6.61 Å². The maximum Gasteiger partial charge on any atom is 0.513 e. The van der Waals surface area contributed by atoms with Gasteiger partial charge in [-0.25, -0.2) is 9.18 Å². The Bertz CT molecular complexity index is 1170. The van der Waals surface area contributed by atoms with Crippen molar-refractivity contribution in [1.29, 1.82) is 0 Å². The summed E-state index contributed by atoms with van der Waals surface area (Å²) in [6.07, 6.45) is 2.07. The van der Waals surface area contributed by atoms with Crippen LogP contribution in [-0.4, -0.2) is 24.6 Å². The molecule has 0 fully saturated rings. The van der Waals surface area contributed by atoms with Crippen molar-refractivity contribution in [2.24, 2.45) is 0 Å². The normalized spacial score (nSPS) is 10.5. The van der Waals surface area contributed by atoms with E-state index in [9.17, 15) is 18.8 Å². The minimum atomic E-state index is -0.807. The van der Waals surface area contributed by atoms with Gasteiger partial charge in [-0.2, -0.15) is 0 Å². The quantitative estimate of drug-likeness (QED) is 0.281. The second-order valence-corrected chi connectivity index (χ2v) is 7.07. The minimum absolute atomic E-state index is 0.206. The molecule has 174 valence electrons. The zero-order valence-corrected chi connectivity index (χ0v) is 18.4. The minimum Gasteiger partial charge on any atom is -0.434 e. The summed E-state index contributed by atoms with van der Waals surface area (Å²) < 4.78 is 22.8. The Kier molecular flexibility index (Phi) is 8.51. The molecule has 34 heavy (non-hydrogen) atoms. The lowest BCUT2D eigenvalue weighted by atomic mass is 10.1. The topological polar surface area (TPSA) is 93.7 Å². The predicted molar refractivity (Wildman–Crippen MR) is 126 cm³/mol. The van der Waals surface area contributed by atoms with E-state index in [1.165, 1.54) is 48.6 Å². The van der Waals surface area contributed by atoms with Crippen LogP contribution in [0.2, 0.25) is 0 Å². The first kappa shape index (κ1) is 24.2. The standard InChI is InChI=1S/C26H23FN2O5/c1-2-33-26(32)34-23-13-9-20(10-14-23)25(31)29-22-11-6-19(7-12-22)17-28-24(30)15-8-18-4-3-5-21(27)16-18/h3-16H,2,17H2,1H3,(H,28,30)(H,29,31)/b15-8+. The number of halogens is 1. The fourth-order valence-corrected chi connectivity index (χ4v) is 2.86. The summed E-state index contributed by atoms with van der Waals surface area (Å²) in [7, 11) is 0. The second-order valence-electron chi connectivity index (χ2n) is 7.07. The van der Waals surface area contributed by atoms with Crippen LogP contribution in [0.15, 0.2) is 78.9 Å². The van der Waals surface area contributed by atoms with Crippen LogP contribution in [0.5, 0.6) is 5.75 Å². The molecule has 0 atom stereocenters. The number of carbonyl (C=O) groups excluding carboxylic acids is 3. The van der Waals surface area contributed by atoms with Crippen LogP contribution in [0.1, 0.15) is 28.4 Å². The molecule has 8 heteroatoms. The smallest absolute Gasteiger partial charge is 0.434 e. The van der Waals surface area contributed by atoms with Gasteiger partial charge in [0, 0.05) is 23.9 Å². The van der Waals surface area contributed by atoms with Crippen molar-refractivity contribution in [3.05, 3.63) is 101 Å². The Morgan fingerprint density at radius 2 is 1.71 bits per heavy atom. The molecule has 0 bridgehead atoms.